The molecule has 0 unspecified atom stereocenters. The van der Waals surface area contributed by atoms with Crippen LogP contribution in [0.4, 0.5) is 10.9 Å². The van der Waals surface area contributed by atoms with Crippen molar-refractivity contribution in [2.75, 3.05) is 48.3 Å². The number of anilines is 2. The second-order valence-electron chi connectivity index (χ2n) is 5.40. The highest BCUT2D eigenvalue weighted by molar-refractivity contribution is 7.85. The molecule has 2 aliphatic rings. The second-order valence-corrected chi connectivity index (χ2v) is 8.07. The molecule has 1 amide bonds. The zero-order chi connectivity index (χ0) is 14.8. The summed E-state index contributed by atoms with van der Waals surface area (Å²) >= 11 is 1.39. The Hall–Kier alpha value is -1.15. The minimum Gasteiger partial charge on any atom is -0.382 e. The smallest absolute Gasteiger partial charge is 0.267 e. The van der Waals surface area contributed by atoms with Gasteiger partial charge in [0.05, 0.1) is 0 Å². The topological polar surface area (TPSA) is 79.5 Å². The molecular weight excluding hydrogens is 308 g/mol. The number of thiazole rings is 1. The Kier molecular flexibility index (Phi) is 4.44. The molecule has 2 N–H and O–H groups in total. The molecule has 3 heterocycles. The standard InChI is InChI=1S/C13H20N4O2S2/c14-11-10(12(18)16-6-8-21(19)9-7-16)20-13(15-11)17-4-2-1-3-5-17/h1-9,14H2. The number of rotatable bonds is 2. The van der Waals surface area contributed by atoms with Crippen LogP contribution in [0.25, 0.3) is 0 Å². The van der Waals surface area contributed by atoms with Crippen molar-refractivity contribution in [3.63, 3.8) is 0 Å². The summed E-state index contributed by atoms with van der Waals surface area (Å²) in [4.78, 5) is 21.4. The van der Waals surface area contributed by atoms with Gasteiger partial charge in [0.2, 0.25) is 0 Å². The van der Waals surface area contributed by atoms with E-state index >= 15 is 0 Å². The number of hydrogen-bond acceptors (Lipinski definition) is 6. The molecule has 0 aromatic carbocycles. The largest absolute Gasteiger partial charge is 0.382 e. The molecule has 0 saturated carbocycles. The van der Waals surface area contributed by atoms with Crippen LogP contribution in [-0.2, 0) is 10.8 Å². The van der Waals surface area contributed by atoms with E-state index in [0.29, 0.717) is 35.3 Å². The Labute approximate surface area is 130 Å². The molecule has 0 atom stereocenters. The normalized spacial score (nSPS) is 20.8. The summed E-state index contributed by atoms with van der Waals surface area (Å²) in [6.45, 7) is 3.07. The van der Waals surface area contributed by atoms with Crippen molar-refractivity contribution >= 4 is 39.0 Å². The van der Waals surface area contributed by atoms with Crippen LogP contribution in [0.1, 0.15) is 28.9 Å². The SMILES string of the molecule is Nc1nc(N2CCCCC2)sc1C(=O)N1CCS(=O)CC1. The van der Waals surface area contributed by atoms with E-state index in [9.17, 15) is 9.00 Å². The first kappa shape index (κ1) is 14.8. The van der Waals surface area contributed by atoms with Crippen molar-refractivity contribution in [3.8, 4) is 0 Å². The van der Waals surface area contributed by atoms with Gasteiger partial charge in [-0.05, 0) is 19.3 Å². The van der Waals surface area contributed by atoms with Crippen molar-refractivity contribution in [2.24, 2.45) is 0 Å². The van der Waals surface area contributed by atoms with Gasteiger partial charge in [0.1, 0.15) is 10.7 Å². The number of piperidine rings is 1. The van der Waals surface area contributed by atoms with Gasteiger partial charge in [-0.3, -0.25) is 9.00 Å². The first-order valence-electron chi connectivity index (χ1n) is 7.30. The molecule has 1 aromatic rings. The number of carbonyl (C=O) groups excluding carboxylic acids is 1. The number of amides is 1. The van der Waals surface area contributed by atoms with Crippen LogP contribution in [-0.4, -0.2) is 57.7 Å². The fourth-order valence-corrected chi connectivity index (χ4v) is 4.74. The molecule has 2 saturated heterocycles. The minimum absolute atomic E-state index is 0.0649. The van der Waals surface area contributed by atoms with Gasteiger partial charge in [0, 0.05) is 48.5 Å². The van der Waals surface area contributed by atoms with Gasteiger partial charge >= 0.3 is 0 Å². The maximum atomic E-state index is 12.5. The summed E-state index contributed by atoms with van der Waals surface area (Å²) in [7, 11) is -0.783. The molecular formula is C13H20N4O2S2. The Morgan fingerprint density at radius 1 is 1.14 bits per heavy atom. The molecule has 0 radical (unpaired) electrons. The molecule has 2 aliphatic heterocycles. The van der Waals surface area contributed by atoms with Crippen LogP contribution in [0.3, 0.4) is 0 Å². The highest BCUT2D eigenvalue weighted by Crippen LogP contribution is 2.31. The molecule has 0 spiro atoms. The van der Waals surface area contributed by atoms with Crippen molar-refractivity contribution in [1.82, 2.24) is 9.88 Å². The zero-order valence-electron chi connectivity index (χ0n) is 11.9. The summed E-state index contributed by atoms with van der Waals surface area (Å²) in [6.07, 6.45) is 3.59. The van der Waals surface area contributed by atoms with Crippen molar-refractivity contribution in [1.29, 1.82) is 0 Å². The molecule has 6 nitrogen and oxygen atoms in total. The predicted octanol–water partition coefficient (Wildman–Crippen LogP) is 0.920. The van der Waals surface area contributed by atoms with Crippen molar-refractivity contribution in [3.05, 3.63) is 4.88 Å². The first-order chi connectivity index (χ1) is 10.1. The van der Waals surface area contributed by atoms with E-state index in [1.807, 2.05) is 0 Å². The van der Waals surface area contributed by atoms with Crippen LogP contribution in [0.15, 0.2) is 0 Å². The predicted molar refractivity (Wildman–Crippen MR) is 86.4 cm³/mol. The van der Waals surface area contributed by atoms with Gasteiger partial charge in [0.25, 0.3) is 5.91 Å². The summed E-state index contributed by atoms with van der Waals surface area (Å²) in [6, 6.07) is 0. The van der Waals surface area contributed by atoms with Gasteiger partial charge in [-0.2, -0.15) is 0 Å². The molecule has 8 heteroatoms. The van der Waals surface area contributed by atoms with E-state index in [1.165, 1.54) is 30.6 Å². The van der Waals surface area contributed by atoms with Crippen LogP contribution in [0, 0.1) is 0 Å². The lowest BCUT2D eigenvalue weighted by atomic mass is 10.1. The van der Waals surface area contributed by atoms with Gasteiger partial charge in [0.15, 0.2) is 5.13 Å². The van der Waals surface area contributed by atoms with E-state index in [2.05, 4.69) is 9.88 Å². The number of nitrogens with two attached hydrogens (primary N) is 1. The fraction of sp³-hybridized carbons (Fsp3) is 0.692. The van der Waals surface area contributed by atoms with Crippen molar-refractivity contribution < 1.29 is 9.00 Å². The number of aromatic nitrogens is 1. The second kappa shape index (κ2) is 6.31. The van der Waals surface area contributed by atoms with Gasteiger partial charge < -0.3 is 15.5 Å². The third kappa shape index (κ3) is 3.21. The maximum Gasteiger partial charge on any atom is 0.267 e. The average Bonchev–Trinajstić information content (AvgIpc) is 2.90. The Bertz CT molecular complexity index is 544. The fourth-order valence-electron chi connectivity index (χ4n) is 2.68. The van der Waals surface area contributed by atoms with Crippen LogP contribution < -0.4 is 10.6 Å². The molecule has 2 fully saturated rings. The quantitative estimate of drug-likeness (QED) is 0.873. The first-order valence-corrected chi connectivity index (χ1v) is 9.61. The minimum atomic E-state index is -0.783. The van der Waals surface area contributed by atoms with Gasteiger partial charge in [-0.25, -0.2) is 4.98 Å². The molecule has 1 aromatic heterocycles. The number of carbonyl (C=O) groups is 1. The highest BCUT2D eigenvalue weighted by Gasteiger charge is 2.26. The Morgan fingerprint density at radius 2 is 1.81 bits per heavy atom. The maximum absolute atomic E-state index is 12.5. The average molecular weight is 328 g/mol. The lowest BCUT2D eigenvalue weighted by Gasteiger charge is -2.26. The summed E-state index contributed by atoms with van der Waals surface area (Å²) in [5.41, 5.74) is 5.95. The molecule has 3 rings (SSSR count). The summed E-state index contributed by atoms with van der Waals surface area (Å²) < 4.78 is 11.4. The molecule has 116 valence electrons. The van der Waals surface area contributed by atoms with E-state index in [-0.39, 0.29) is 5.91 Å². The van der Waals surface area contributed by atoms with Crippen molar-refractivity contribution in [2.45, 2.75) is 19.3 Å². The summed E-state index contributed by atoms with van der Waals surface area (Å²) in [5.74, 6) is 1.38. The number of hydrogen-bond donors (Lipinski definition) is 1. The molecule has 0 bridgehead atoms. The Morgan fingerprint density at radius 3 is 2.48 bits per heavy atom. The highest BCUT2D eigenvalue weighted by atomic mass is 32.2. The number of nitrogens with zero attached hydrogens (tertiary/aromatic N) is 3. The third-order valence-corrected chi connectivity index (χ3v) is 6.32. The molecule has 0 aliphatic carbocycles. The third-order valence-electron chi connectivity index (χ3n) is 3.93. The van der Waals surface area contributed by atoms with E-state index in [4.69, 9.17) is 5.73 Å². The zero-order valence-corrected chi connectivity index (χ0v) is 13.5. The van der Waals surface area contributed by atoms with Crippen LogP contribution in [0.5, 0.6) is 0 Å². The summed E-state index contributed by atoms with van der Waals surface area (Å²) in [5, 5.41) is 0.858. The van der Waals surface area contributed by atoms with E-state index < -0.39 is 10.8 Å². The molecule has 21 heavy (non-hydrogen) atoms. The number of nitrogen functional groups attached to an aromatic ring is 1. The van der Waals surface area contributed by atoms with Gasteiger partial charge in [-0.1, -0.05) is 11.3 Å². The van der Waals surface area contributed by atoms with Crippen LogP contribution >= 0.6 is 11.3 Å². The van der Waals surface area contributed by atoms with E-state index in [1.54, 1.807) is 4.90 Å². The lowest BCUT2D eigenvalue weighted by molar-refractivity contribution is 0.0777. The van der Waals surface area contributed by atoms with Gasteiger partial charge in [-0.15, -0.1) is 0 Å². The lowest BCUT2D eigenvalue weighted by Crippen LogP contribution is -2.41. The monoisotopic (exact) mass is 328 g/mol. The van der Waals surface area contributed by atoms with Crippen LogP contribution in [0.2, 0.25) is 0 Å². The Balaban J connectivity index is 1.74. The van der Waals surface area contributed by atoms with E-state index in [0.717, 1.165) is 18.2 Å².